The van der Waals surface area contributed by atoms with Gasteiger partial charge in [0.1, 0.15) is 11.9 Å². The number of aryl methyl sites for hydroxylation is 2. The largest absolute Gasteiger partial charge is 0.336 e. The van der Waals surface area contributed by atoms with Gasteiger partial charge in [-0.1, -0.05) is 17.7 Å². The standard InChI is InChI=1S/C20H25N5O2.ClH/c1-14-3-5-16(6-4-14)25-13-15(11-18(25)26)20(27)24-10-7-21-12-17(24)19-22-8-9-23(19)2;/h3-6,8-9,15,17,21H,7,10-13H2,1-2H3;1H. The second kappa shape index (κ2) is 8.32. The van der Waals surface area contributed by atoms with Crippen LogP contribution in [-0.2, 0) is 16.6 Å². The van der Waals surface area contributed by atoms with E-state index in [2.05, 4.69) is 10.3 Å². The normalized spacial score (nSPS) is 22.3. The zero-order valence-corrected chi connectivity index (χ0v) is 17.0. The summed E-state index contributed by atoms with van der Waals surface area (Å²) in [7, 11) is 1.94. The molecule has 0 saturated carbocycles. The Labute approximate surface area is 171 Å². The number of hydrogen-bond donors (Lipinski definition) is 1. The third kappa shape index (κ3) is 3.77. The van der Waals surface area contributed by atoms with Crippen LogP contribution in [0.2, 0.25) is 0 Å². The molecule has 2 amide bonds. The van der Waals surface area contributed by atoms with Crippen molar-refractivity contribution in [2.75, 3.05) is 31.1 Å². The number of aromatic nitrogens is 2. The third-order valence-electron chi connectivity index (χ3n) is 5.50. The van der Waals surface area contributed by atoms with Gasteiger partial charge in [0.05, 0.1) is 5.92 Å². The SMILES string of the molecule is Cc1ccc(N2CC(C(=O)N3CCNCC3c3nccn3C)CC2=O)cc1.Cl. The second-order valence-corrected chi connectivity index (χ2v) is 7.39. The first kappa shape index (κ1) is 20.4. The van der Waals surface area contributed by atoms with Crippen LogP contribution in [0.25, 0.3) is 0 Å². The fourth-order valence-electron chi connectivity index (χ4n) is 3.98. The Hall–Kier alpha value is -2.38. The van der Waals surface area contributed by atoms with E-state index >= 15 is 0 Å². The summed E-state index contributed by atoms with van der Waals surface area (Å²) in [4.78, 5) is 33.9. The molecule has 7 nitrogen and oxygen atoms in total. The van der Waals surface area contributed by atoms with Crippen molar-refractivity contribution in [3.05, 3.63) is 48.0 Å². The van der Waals surface area contributed by atoms with Gasteiger partial charge < -0.3 is 19.7 Å². The first-order valence-electron chi connectivity index (χ1n) is 9.40. The van der Waals surface area contributed by atoms with Gasteiger partial charge in [-0.15, -0.1) is 12.4 Å². The summed E-state index contributed by atoms with van der Waals surface area (Å²) in [6.45, 7) is 4.53. The maximum atomic E-state index is 13.3. The molecular formula is C20H26ClN5O2. The summed E-state index contributed by atoms with van der Waals surface area (Å²) in [5.41, 5.74) is 2.01. The molecule has 28 heavy (non-hydrogen) atoms. The molecule has 1 N–H and O–H groups in total. The lowest BCUT2D eigenvalue weighted by atomic mass is 10.0. The van der Waals surface area contributed by atoms with E-state index in [1.165, 1.54) is 0 Å². The van der Waals surface area contributed by atoms with Crippen LogP contribution in [-0.4, -0.2) is 52.4 Å². The molecule has 0 spiro atoms. The number of carbonyl (C=O) groups excluding carboxylic acids is 2. The number of halogens is 1. The van der Waals surface area contributed by atoms with E-state index in [1.807, 2.05) is 53.9 Å². The Morgan fingerprint density at radius 1 is 1.25 bits per heavy atom. The molecule has 3 heterocycles. The molecule has 2 unspecified atom stereocenters. The summed E-state index contributed by atoms with van der Waals surface area (Å²) in [6.07, 6.45) is 3.92. The lowest BCUT2D eigenvalue weighted by Crippen LogP contribution is -2.51. The molecule has 2 aliphatic heterocycles. The van der Waals surface area contributed by atoms with Gasteiger partial charge in [-0.2, -0.15) is 0 Å². The maximum Gasteiger partial charge on any atom is 0.228 e. The minimum atomic E-state index is -0.306. The molecule has 2 fully saturated rings. The Bertz CT molecular complexity index is 851. The summed E-state index contributed by atoms with van der Waals surface area (Å²) in [6, 6.07) is 7.77. The fourth-order valence-corrected chi connectivity index (χ4v) is 3.98. The van der Waals surface area contributed by atoms with Crippen molar-refractivity contribution in [3.8, 4) is 0 Å². The van der Waals surface area contributed by atoms with Crippen LogP contribution in [0, 0.1) is 12.8 Å². The number of hydrogen-bond acceptors (Lipinski definition) is 4. The minimum Gasteiger partial charge on any atom is -0.336 e. The van der Waals surface area contributed by atoms with Crippen LogP contribution in [0.3, 0.4) is 0 Å². The lowest BCUT2D eigenvalue weighted by Gasteiger charge is -2.37. The molecule has 8 heteroatoms. The monoisotopic (exact) mass is 403 g/mol. The van der Waals surface area contributed by atoms with Crippen LogP contribution in [0.5, 0.6) is 0 Å². The molecular weight excluding hydrogens is 378 g/mol. The Balaban J connectivity index is 0.00000225. The summed E-state index contributed by atoms with van der Waals surface area (Å²) < 4.78 is 1.95. The lowest BCUT2D eigenvalue weighted by molar-refractivity contribution is -0.139. The predicted molar refractivity (Wildman–Crippen MR) is 109 cm³/mol. The second-order valence-electron chi connectivity index (χ2n) is 7.39. The molecule has 4 rings (SSSR count). The van der Waals surface area contributed by atoms with E-state index in [4.69, 9.17) is 0 Å². The average molecular weight is 404 g/mol. The maximum absolute atomic E-state index is 13.3. The number of nitrogens with zero attached hydrogens (tertiary/aromatic N) is 4. The molecule has 2 saturated heterocycles. The highest BCUT2D eigenvalue weighted by molar-refractivity contribution is 6.00. The van der Waals surface area contributed by atoms with Crippen molar-refractivity contribution in [1.82, 2.24) is 19.8 Å². The van der Waals surface area contributed by atoms with Crippen LogP contribution in [0.1, 0.15) is 23.9 Å². The van der Waals surface area contributed by atoms with Gasteiger partial charge in [-0.05, 0) is 19.1 Å². The summed E-state index contributed by atoms with van der Waals surface area (Å²) in [5.74, 6) is 0.628. The molecule has 2 aliphatic rings. The van der Waals surface area contributed by atoms with Crippen LogP contribution < -0.4 is 10.2 Å². The fraction of sp³-hybridized carbons (Fsp3) is 0.450. The number of amides is 2. The molecule has 0 bridgehead atoms. The average Bonchev–Trinajstić information content (AvgIpc) is 3.27. The van der Waals surface area contributed by atoms with E-state index < -0.39 is 0 Å². The number of rotatable bonds is 3. The van der Waals surface area contributed by atoms with Gasteiger partial charge in [0, 0.05) is 57.7 Å². The van der Waals surface area contributed by atoms with Crippen molar-refractivity contribution in [2.45, 2.75) is 19.4 Å². The number of imidazole rings is 1. The van der Waals surface area contributed by atoms with Gasteiger partial charge >= 0.3 is 0 Å². The molecule has 150 valence electrons. The highest BCUT2D eigenvalue weighted by Gasteiger charge is 2.40. The molecule has 1 aromatic carbocycles. The summed E-state index contributed by atoms with van der Waals surface area (Å²) in [5, 5.41) is 3.35. The van der Waals surface area contributed by atoms with Crippen LogP contribution >= 0.6 is 12.4 Å². The molecule has 1 aromatic heterocycles. The Morgan fingerprint density at radius 2 is 2.00 bits per heavy atom. The highest BCUT2D eigenvalue weighted by atomic mass is 35.5. The molecule has 0 radical (unpaired) electrons. The first-order chi connectivity index (χ1) is 13.0. The molecule has 0 aliphatic carbocycles. The van der Waals surface area contributed by atoms with Crippen molar-refractivity contribution in [1.29, 1.82) is 0 Å². The molecule has 2 atom stereocenters. The number of carbonyl (C=O) groups is 2. The van der Waals surface area contributed by atoms with Gasteiger partial charge in [0.15, 0.2) is 0 Å². The smallest absolute Gasteiger partial charge is 0.228 e. The van der Waals surface area contributed by atoms with Crippen molar-refractivity contribution in [3.63, 3.8) is 0 Å². The Morgan fingerprint density at radius 3 is 2.68 bits per heavy atom. The van der Waals surface area contributed by atoms with E-state index in [9.17, 15) is 9.59 Å². The van der Waals surface area contributed by atoms with Crippen LogP contribution in [0.4, 0.5) is 5.69 Å². The number of piperazine rings is 1. The number of nitrogens with one attached hydrogen (secondary N) is 1. The van der Waals surface area contributed by atoms with E-state index in [0.717, 1.165) is 23.6 Å². The summed E-state index contributed by atoms with van der Waals surface area (Å²) >= 11 is 0. The first-order valence-corrected chi connectivity index (χ1v) is 9.40. The van der Waals surface area contributed by atoms with Gasteiger partial charge in [-0.25, -0.2) is 4.98 Å². The van der Waals surface area contributed by atoms with Crippen molar-refractivity contribution >= 4 is 29.9 Å². The Kier molecular flexibility index (Phi) is 6.05. The number of benzene rings is 1. The van der Waals surface area contributed by atoms with Crippen LogP contribution in [0.15, 0.2) is 36.7 Å². The number of anilines is 1. The van der Waals surface area contributed by atoms with E-state index in [-0.39, 0.29) is 42.6 Å². The topological polar surface area (TPSA) is 70.5 Å². The predicted octanol–water partition coefficient (Wildman–Crippen LogP) is 1.68. The van der Waals surface area contributed by atoms with Gasteiger partial charge in [0.25, 0.3) is 0 Å². The molecule has 2 aromatic rings. The zero-order chi connectivity index (χ0) is 19.0. The van der Waals surface area contributed by atoms with Gasteiger partial charge in [0.2, 0.25) is 11.8 Å². The van der Waals surface area contributed by atoms with Crippen molar-refractivity contribution < 1.29 is 9.59 Å². The zero-order valence-electron chi connectivity index (χ0n) is 16.2. The van der Waals surface area contributed by atoms with Gasteiger partial charge in [-0.3, -0.25) is 9.59 Å². The van der Waals surface area contributed by atoms with E-state index in [0.29, 0.717) is 19.6 Å². The minimum absolute atomic E-state index is 0. The van der Waals surface area contributed by atoms with E-state index in [1.54, 1.807) is 11.1 Å². The third-order valence-corrected chi connectivity index (χ3v) is 5.50. The van der Waals surface area contributed by atoms with Crippen molar-refractivity contribution in [2.24, 2.45) is 13.0 Å². The quantitative estimate of drug-likeness (QED) is 0.846. The highest BCUT2D eigenvalue weighted by Crippen LogP contribution is 2.29.